The molecule has 0 aliphatic carbocycles. The Hall–Kier alpha value is -3.00. The maximum atomic E-state index is 12.1. The standard InChI is InChI=1S/C20H22ClN5O3/c1-11-7-12(2)19(16(21)8-11)25-17(27)9-29-18(28)6-5-15-13(3)24-20-22-10-23-26(20)14(15)4/h7-8,10H,5-6,9H2,1-4H3,(H,25,27). The minimum Gasteiger partial charge on any atom is -0.456 e. The highest BCUT2D eigenvalue weighted by Crippen LogP contribution is 2.27. The lowest BCUT2D eigenvalue weighted by Crippen LogP contribution is -2.22. The number of amides is 1. The molecule has 152 valence electrons. The fraction of sp³-hybridized carbons (Fsp3) is 0.350. The number of esters is 1. The fourth-order valence-corrected chi connectivity index (χ4v) is 3.58. The predicted molar refractivity (Wildman–Crippen MR) is 109 cm³/mol. The first kappa shape index (κ1) is 20.7. The van der Waals surface area contributed by atoms with Gasteiger partial charge in [-0.05, 0) is 56.9 Å². The third-order valence-corrected chi connectivity index (χ3v) is 4.93. The van der Waals surface area contributed by atoms with Gasteiger partial charge in [-0.3, -0.25) is 9.59 Å². The number of anilines is 1. The Morgan fingerprint density at radius 1 is 1.21 bits per heavy atom. The Kier molecular flexibility index (Phi) is 6.12. The van der Waals surface area contributed by atoms with E-state index >= 15 is 0 Å². The zero-order chi connectivity index (χ0) is 21.1. The van der Waals surface area contributed by atoms with E-state index in [2.05, 4.69) is 20.4 Å². The van der Waals surface area contributed by atoms with Crippen LogP contribution in [-0.4, -0.2) is 38.1 Å². The van der Waals surface area contributed by atoms with Crippen LogP contribution in [-0.2, 0) is 20.7 Å². The third-order valence-electron chi connectivity index (χ3n) is 4.63. The van der Waals surface area contributed by atoms with E-state index < -0.39 is 11.9 Å². The first-order chi connectivity index (χ1) is 13.8. The number of carbonyl (C=O) groups excluding carboxylic acids is 2. The van der Waals surface area contributed by atoms with E-state index in [1.165, 1.54) is 6.33 Å². The second kappa shape index (κ2) is 8.57. The van der Waals surface area contributed by atoms with Crippen molar-refractivity contribution in [2.45, 2.75) is 40.5 Å². The van der Waals surface area contributed by atoms with Gasteiger partial charge in [-0.15, -0.1) is 0 Å². The summed E-state index contributed by atoms with van der Waals surface area (Å²) in [5.74, 6) is -0.386. The minimum absolute atomic E-state index is 0.126. The van der Waals surface area contributed by atoms with Gasteiger partial charge in [0.25, 0.3) is 11.7 Å². The van der Waals surface area contributed by atoms with Gasteiger partial charge in [0.2, 0.25) is 0 Å². The molecule has 1 aromatic carbocycles. The molecule has 1 amide bonds. The molecular formula is C20H22ClN5O3. The van der Waals surface area contributed by atoms with E-state index in [1.807, 2.05) is 33.8 Å². The number of halogens is 1. The van der Waals surface area contributed by atoms with E-state index in [0.717, 1.165) is 28.1 Å². The number of hydrogen-bond acceptors (Lipinski definition) is 6. The zero-order valence-corrected chi connectivity index (χ0v) is 17.5. The molecule has 0 aliphatic rings. The molecule has 9 heteroatoms. The molecule has 0 fully saturated rings. The Morgan fingerprint density at radius 2 is 1.97 bits per heavy atom. The van der Waals surface area contributed by atoms with Crippen LogP contribution in [0.1, 0.15) is 34.5 Å². The lowest BCUT2D eigenvalue weighted by atomic mass is 10.1. The summed E-state index contributed by atoms with van der Waals surface area (Å²) in [4.78, 5) is 32.7. The van der Waals surface area contributed by atoms with Gasteiger partial charge in [-0.25, -0.2) is 9.50 Å². The number of nitrogens with one attached hydrogen (secondary N) is 1. The van der Waals surface area contributed by atoms with Crippen molar-refractivity contribution in [2.75, 3.05) is 11.9 Å². The van der Waals surface area contributed by atoms with Crippen molar-refractivity contribution in [1.29, 1.82) is 0 Å². The van der Waals surface area contributed by atoms with Crippen LogP contribution in [0.15, 0.2) is 18.5 Å². The molecule has 0 unspecified atom stereocenters. The molecule has 0 saturated carbocycles. The van der Waals surface area contributed by atoms with Crippen LogP contribution in [0.4, 0.5) is 5.69 Å². The van der Waals surface area contributed by atoms with Gasteiger partial charge >= 0.3 is 5.97 Å². The number of rotatable bonds is 6. The summed E-state index contributed by atoms with van der Waals surface area (Å²) in [5, 5.41) is 7.27. The number of ether oxygens (including phenoxy) is 1. The van der Waals surface area contributed by atoms with Crippen LogP contribution in [0.3, 0.4) is 0 Å². The Morgan fingerprint density at radius 3 is 2.69 bits per heavy atom. The van der Waals surface area contributed by atoms with E-state index in [4.69, 9.17) is 16.3 Å². The summed E-state index contributed by atoms with van der Waals surface area (Å²) in [5.41, 5.74) is 4.94. The number of benzene rings is 1. The average Bonchev–Trinajstić information content (AvgIpc) is 3.11. The second-order valence-electron chi connectivity index (χ2n) is 6.88. The second-order valence-corrected chi connectivity index (χ2v) is 7.29. The molecule has 3 rings (SSSR count). The SMILES string of the molecule is Cc1cc(C)c(NC(=O)COC(=O)CCc2c(C)nc3ncnn3c2C)c(Cl)c1. The van der Waals surface area contributed by atoms with Crippen molar-refractivity contribution in [2.24, 2.45) is 0 Å². The molecular weight excluding hydrogens is 394 g/mol. The normalized spacial score (nSPS) is 10.9. The van der Waals surface area contributed by atoms with Crippen LogP contribution in [0.5, 0.6) is 0 Å². The molecule has 29 heavy (non-hydrogen) atoms. The van der Waals surface area contributed by atoms with Gasteiger partial charge in [0, 0.05) is 17.8 Å². The largest absolute Gasteiger partial charge is 0.456 e. The van der Waals surface area contributed by atoms with E-state index in [0.29, 0.717) is 22.9 Å². The maximum absolute atomic E-state index is 12.1. The fourth-order valence-electron chi connectivity index (χ4n) is 3.21. The van der Waals surface area contributed by atoms with Gasteiger partial charge < -0.3 is 10.1 Å². The van der Waals surface area contributed by atoms with Crippen molar-refractivity contribution in [3.8, 4) is 0 Å². The number of aromatic nitrogens is 4. The van der Waals surface area contributed by atoms with E-state index in [-0.39, 0.29) is 13.0 Å². The number of fused-ring (bicyclic) bond motifs is 1. The van der Waals surface area contributed by atoms with Crippen LogP contribution in [0.25, 0.3) is 5.78 Å². The predicted octanol–water partition coefficient (Wildman–Crippen LogP) is 3.13. The van der Waals surface area contributed by atoms with Crippen LogP contribution in [0.2, 0.25) is 5.02 Å². The number of hydrogen-bond donors (Lipinski definition) is 1. The molecule has 2 heterocycles. The monoisotopic (exact) mass is 415 g/mol. The Labute approximate surface area is 173 Å². The van der Waals surface area contributed by atoms with Crippen molar-refractivity contribution in [1.82, 2.24) is 19.6 Å². The summed E-state index contributed by atoms with van der Waals surface area (Å²) in [6.45, 7) is 7.17. The summed E-state index contributed by atoms with van der Waals surface area (Å²) in [6, 6.07) is 3.68. The zero-order valence-electron chi connectivity index (χ0n) is 16.7. The van der Waals surface area contributed by atoms with Crippen molar-refractivity contribution < 1.29 is 14.3 Å². The lowest BCUT2D eigenvalue weighted by Gasteiger charge is -2.12. The van der Waals surface area contributed by atoms with Crippen LogP contribution in [0, 0.1) is 27.7 Å². The lowest BCUT2D eigenvalue weighted by molar-refractivity contribution is -0.147. The third kappa shape index (κ3) is 4.71. The quantitative estimate of drug-likeness (QED) is 0.621. The van der Waals surface area contributed by atoms with E-state index in [1.54, 1.807) is 10.6 Å². The Balaban J connectivity index is 1.55. The maximum Gasteiger partial charge on any atom is 0.306 e. The van der Waals surface area contributed by atoms with Crippen LogP contribution >= 0.6 is 11.6 Å². The highest BCUT2D eigenvalue weighted by molar-refractivity contribution is 6.34. The van der Waals surface area contributed by atoms with Gasteiger partial charge in [-0.2, -0.15) is 10.1 Å². The van der Waals surface area contributed by atoms with Crippen molar-refractivity contribution >= 4 is 34.9 Å². The molecule has 0 saturated heterocycles. The topological polar surface area (TPSA) is 98.5 Å². The van der Waals surface area contributed by atoms with E-state index in [9.17, 15) is 9.59 Å². The van der Waals surface area contributed by atoms with Gasteiger partial charge in [0.15, 0.2) is 6.61 Å². The first-order valence-corrected chi connectivity index (χ1v) is 9.52. The van der Waals surface area contributed by atoms with Gasteiger partial charge in [0.1, 0.15) is 6.33 Å². The van der Waals surface area contributed by atoms with Crippen molar-refractivity contribution in [3.05, 3.63) is 51.6 Å². The van der Waals surface area contributed by atoms with Gasteiger partial charge in [0.05, 0.1) is 10.7 Å². The van der Waals surface area contributed by atoms with Gasteiger partial charge in [-0.1, -0.05) is 17.7 Å². The summed E-state index contributed by atoms with van der Waals surface area (Å²) in [6.07, 6.45) is 2.00. The Bertz CT molecular complexity index is 1070. The summed E-state index contributed by atoms with van der Waals surface area (Å²) >= 11 is 6.18. The molecule has 0 aliphatic heterocycles. The highest BCUT2D eigenvalue weighted by Gasteiger charge is 2.15. The molecule has 0 spiro atoms. The smallest absolute Gasteiger partial charge is 0.306 e. The molecule has 2 aromatic heterocycles. The summed E-state index contributed by atoms with van der Waals surface area (Å²) in [7, 11) is 0. The molecule has 3 aromatic rings. The average molecular weight is 416 g/mol. The summed E-state index contributed by atoms with van der Waals surface area (Å²) < 4.78 is 6.74. The molecule has 0 bridgehead atoms. The minimum atomic E-state index is -0.468. The molecule has 0 radical (unpaired) electrons. The number of carbonyl (C=O) groups is 2. The van der Waals surface area contributed by atoms with Crippen LogP contribution < -0.4 is 5.32 Å². The molecule has 8 nitrogen and oxygen atoms in total. The first-order valence-electron chi connectivity index (χ1n) is 9.14. The molecule has 0 atom stereocenters. The van der Waals surface area contributed by atoms with Crippen molar-refractivity contribution in [3.63, 3.8) is 0 Å². The number of nitrogens with zero attached hydrogens (tertiary/aromatic N) is 4. The number of aryl methyl sites for hydroxylation is 4. The highest BCUT2D eigenvalue weighted by atomic mass is 35.5. The molecule has 1 N–H and O–H groups in total.